The molecule has 8 nitrogen and oxygen atoms in total. The maximum Gasteiger partial charge on any atom is 0.354 e. The number of rotatable bonds is 4. The van der Waals surface area contributed by atoms with Crippen LogP contribution in [-0.4, -0.2) is 31.8 Å². The normalized spacial score (nSPS) is 17.5. The van der Waals surface area contributed by atoms with Crippen LogP contribution in [0.3, 0.4) is 0 Å². The van der Waals surface area contributed by atoms with Crippen LogP contribution in [0, 0.1) is 0 Å². The number of ketones is 1. The summed E-state index contributed by atoms with van der Waals surface area (Å²) in [5, 5.41) is 12.8. The molecule has 4 aromatic rings. The zero-order chi connectivity index (χ0) is 22.5. The molecular formula is C25H20N4O4. The van der Waals surface area contributed by atoms with E-state index in [0.717, 1.165) is 34.3 Å². The van der Waals surface area contributed by atoms with Crippen LogP contribution in [0.5, 0.6) is 11.8 Å². The van der Waals surface area contributed by atoms with Crippen LogP contribution in [0.15, 0.2) is 66.0 Å². The van der Waals surface area contributed by atoms with Gasteiger partial charge in [-0.2, -0.15) is 4.98 Å². The molecule has 33 heavy (non-hydrogen) atoms. The Morgan fingerprint density at radius 1 is 1.12 bits per heavy atom. The first-order valence-electron chi connectivity index (χ1n) is 10.8. The molecule has 4 N–H and O–H groups in total. The molecule has 0 amide bonds. The van der Waals surface area contributed by atoms with Crippen LogP contribution in [-0.2, 0) is 4.79 Å². The number of aromatic nitrogens is 3. The number of ether oxygens (including phenoxy) is 1. The number of benzene rings is 2. The highest BCUT2D eigenvalue weighted by Crippen LogP contribution is 2.47. The number of nitrogens with one attached hydrogen (secondary N) is 3. The fourth-order valence-corrected chi connectivity index (χ4v) is 4.80. The number of anilines is 1. The summed E-state index contributed by atoms with van der Waals surface area (Å²) in [7, 11) is 0. The van der Waals surface area contributed by atoms with Gasteiger partial charge in [0.05, 0.1) is 16.7 Å². The molecule has 1 atom stereocenters. The maximum atomic E-state index is 13.0. The Morgan fingerprint density at radius 3 is 2.85 bits per heavy atom. The van der Waals surface area contributed by atoms with E-state index >= 15 is 0 Å². The van der Waals surface area contributed by atoms with Crippen molar-refractivity contribution in [2.24, 2.45) is 0 Å². The first-order valence-corrected chi connectivity index (χ1v) is 10.8. The van der Waals surface area contributed by atoms with E-state index in [4.69, 9.17) is 4.74 Å². The second-order valence-corrected chi connectivity index (χ2v) is 8.26. The van der Waals surface area contributed by atoms with Gasteiger partial charge in [0.2, 0.25) is 0 Å². The van der Waals surface area contributed by atoms with Gasteiger partial charge in [-0.1, -0.05) is 24.3 Å². The molecule has 2 aromatic carbocycles. The van der Waals surface area contributed by atoms with Crippen LogP contribution in [0.1, 0.15) is 46.8 Å². The van der Waals surface area contributed by atoms with E-state index in [1.54, 1.807) is 6.20 Å². The third kappa shape index (κ3) is 3.18. The van der Waals surface area contributed by atoms with Crippen molar-refractivity contribution < 1.29 is 19.4 Å². The molecule has 8 heteroatoms. The number of carboxylic acid groups (broad SMARTS) is 1. The number of aromatic amines is 2. The Kier molecular flexibility index (Phi) is 4.33. The number of carbonyl (C=O) groups is 2. The molecule has 0 spiro atoms. The van der Waals surface area contributed by atoms with Crippen LogP contribution < -0.4 is 10.1 Å². The predicted octanol–water partition coefficient (Wildman–Crippen LogP) is 4.95. The Hall–Kier alpha value is -4.33. The number of hydrogen-bond acceptors (Lipinski definition) is 5. The third-order valence-corrected chi connectivity index (χ3v) is 6.23. The van der Waals surface area contributed by atoms with E-state index in [1.807, 2.05) is 48.5 Å². The van der Waals surface area contributed by atoms with Gasteiger partial charge >= 0.3 is 5.97 Å². The van der Waals surface area contributed by atoms with Gasteiger partial charge in [-0.25, -0.2) is 4.79 Å². The smallest absolute Gasteiger partial charge is 0.354 e. The Morgan fingerprint density at radius 2 is 2.00 bits per heavy atom. The van der Waals surface area contributed by atoms with Crippen molar-refractivity contribution in [1.29, 1.82) is 0 Å². The number of carbonyl (C=O) groups excluding carboxylic acids is 1. The number of fused-ring (bicyclic) bond motifs is 2. The Bertz CT molecular complexity index is 1430. The molecule has 1 unspecified atom stereocenters. The molecule has 6 rings (SSSR count). The van der Waals surface area contributed by atoms with E-state index in [2.05, 4.69) is 20.3 Å². The van der Waals surface area contributed by atoms with Gasteiger partial charge in [0, 0.05) is 35.4 Å². The molecule has 3 heterocycles. The Balaban J connectivity index is 1.43. The molecule has 1 aliphatic heterocycles. The van der Waals surface area contributed by atoms with Crippen molar-refractivity contribution >= 4 is 28.5 Å². The number of hydrogen-bond donors (Lipinski definition) is 4. The molecule has 2 aromatic heterocycles. The topological polar surface area (TPSA) is 120 Å². The minimum absolute atomic E-state index is 0.0843. The van der Waals surface area contributed by atoms with Crippen LogP contribution >= 0.6 is 0 Å². The number of allylic oxidation sites excluding steroid dienone is 2. The summed E-state index contributed by atoms with van der Waals surface area (Å²) in [5.74, 6) is -0.768. The number of nitrogens with zero attached hydrogens (tertiary/aromatic N) is 1. The monoisotopic (exact) mass is 440 g/mol. The third-order valence-electron chi connectivity index (χ3n) is 6.23. The number of carboxylic acids is 1. The highest BCUT2D eigenvalue weighted by atomic mass is 16.5. The summed E-state index contributed by atoms with van der Waals surface area (Å²) in [6.45, 7) is 0. The van der Waals surface area contributed by atoms with Gasteiger partial charge in [-0.15, -0.1) is 0 Å². The predicted molar refractivity (Wildman–Crippen MR) is 122 cm³/mol. The largest absolute Gasteiger partial charge is 0.477 e. The van der Waals surface area contributed by atoms with Crippen molar-refractivity contribution in [3.05, 3.63) is 82.8 Å². The average Bonchev–Trinajstić information content (AvgIpc) is 3.41. The van der Waals surface area contributed by atoms with E-state index in [0.29, 0.717) is 35.9 Å². The second kappa shape index (κ2) is 7.37. The van der Waals surface area contributed by atoms with E-state index in [1.165, 1.54) is 0 Å². The molecular weight excluding hydrogens is 420 g/mol. The summed E-state index contributed by atoms with van der Waals surface area (Å²) in [6.07, 6.45) is 3.61. The van der Waals surface area contributed by atoms with Gasteiger partial charge in [-0.05, 0) is 42.7 Å². The van der Waals surface area contributed by atoms with Crippen LogP contribution in [0.4, 0.5) is 5.69 Å². The van der Waals surface area contributed by atoms with Crippen LogP contribution in [0.25, 0.3) is 11.0 Å². The molecule has 0 saturated carbocycles. The fourth-order valence-electron chi connectivity index (χ4n) is 4.80. The minimum Gasteiger partial charge on any atom is -0.477 e. The SMILES string of the molecule is O=C1CCCC2=C1C(c1cccc(Oc3nc4ccccc4[nH]3)c1)c1c[nH]c(C(=O)O)c1N2. The van der Waals surface area contributed by atoms with Gasteiger partial charge in [0.25, 0.3) is 6.01 Å². The van der Waals surface area contributed by atoms with Crippen molar-refractivity contribution in [2.45, 2.75) is 25.2 Å². The second-order valence-electron chi connectivity index (χ2n) is 8.26. The first kappa shape index (κ1) is 19.4. The maximum absolute atomic E-state index is 13.0. The van der Waals surface area contributed by atoms with E-state index in [9.17, 15) is 14.7 Å². The van der Waals surface area contributed by atoms with Gasteiger partial charge in [0.15, 0.2) is 5.78 Å². The molecule has 2 aliphatic rings. The molecule has 0 radical (unpaired) electrons. The Labute approximate surface area is 188 Å². The summed E-state index contributed by atoms with van der Waals surface area (Å²) in [6, 6.07) is 15.6. The molecule has 164 valence electrons. The lowest BCUT2D eigenvalue weighted by atomic mass is 9.76. The zero-order valence-electron chi connectivity index (χ0n) is 17.5. The number of aromatic carboxylic acids is 1. The fraction of sp³-hybridized carbons (Fsp3) is 0.160. The molecule has 0 fully saturated rings. The minimum atomic E-state index is -1.05. The van der Waals surface area contributed by atoms with Crippen molar-refractivity contribution in [3.63, 3.8) is 0 Å². The van der Waals surface area contributed by atoms with Gasteiger partial charge in [-0.3, -0.25) is 4.79 Å². The molecule has 1 aliphatic carbocycles. The zero-order valence-corrected chi connectivity index (χ0v) is 17.5. The lowest BCUT2D eigenvalue weighted by molar-refractivity contribution is -0.116. The highest BCUT2D eigenvalue weighted by Gasteiger charge is 2.37. The van der Waals surface area contributed by atoms with E-state index < -0.39 is 5.97 Å². The number of para-hydroxylation sites is 2. The quantitative estimate of drug-likeness (QED) is 0.357. The number of H-pyrrole nitrogens is 2. The van der Waals surface area contributed by atoms with Crippen molar-refractivity contribution in [1.82, 2.24) is 15.0 Å². The lowest BCUT2D eigenvalue weighted by Crippen LogP contribution is -2.26. The number of Topliss-reactive ketones (excluding diaryl/α,β-unsaturated/α-hetero) is 1. The lowest BCUT2D eigenvalue weighted by Gasteiger charge is -2.32. The van der Waals surface area contributed by atoms with Crippen molar-refractivity contribution in [3.8, 4) is 11.8 Å². The summed E-state index contributed by atoms with van der Waals surface area (Å²) >= 11 is 0. The first-order chi connectivity index (χ1) is 16.1. The molecule has 0 saturated heterocycles. The molecule has 0 bridgehead atoms. The van der Waals surface area contributed by atoms with Crippen molar-refractivity contribution in [2.75, 3.05) is 5.32 Å². The standard InChI is InChI=1S/C25H20N4O4/c30-19-10-4-9-18-21(19)20(15-12-26-23(24(31)32)22(15)27-18)13-5-3-6-14(11-13)33-25-28-16-7-1-2-8-17(16)29-25/h1-3,5-8,11-12,20,26-27H,4,9-10H2,(H,28,29)(H,31,32). The summed E-state index contributed by atoms with van der Waals surface area (Å²) in [4.78, 5) is 35.2. The van der Waals surface area contributed by atoms with E-state index in [-0.39, 0.29) is 17.4 Å². The summed E-state index contributed by atoms with van der Waals surface area (Å²) in [5.41, 5.74) is 5.39. The number of imidazole rings is 1. The average molecular weight is 440 g/mol. The van der Waals surface area contributed by atoms with Gasteiger partial charge in [0.1, 0.15) is 11.4 Å². The van der Waals surface area contributed by atoms with Gasteiger partial charge < -0.3 is 25.1 Å². The highest BCUT2D eigenvalue weighted by molar-refractivity contribution is 6.03. The summed E-state index contributed by atoms with van der Waals surface area (Å²) < 4.78 is 6.00. The van der Waals surface area contributed by atoms with Crippen LogP contribution in [0.2, 0.25) is 0 Å².